The Morgan fingerprint density at radius 2 is 2.21 bits per heavy atom. The minimum atomic E-state index is -0.109. The molecule has 2 atom stereocenters. The van der Waals surface area contributed by atoms with Crippen LogP contribution in [0.5, 0.6) is 0 Å². The molecule has 0 aliphatic heterocycles. The predicted octanol–water partition coefficient (Wildman–Crippen LogP) is 4.89. The molecule has 9 heteroatoms. The van der Waals surface area contributed by atoms with Crippen molar-refractivity contribution in [1.29, 1.82) is 0 Å². The van der Waals surface area contributed by atoms with Crippen molar-refractivity contribution in [2.24, 2.45) is 5.92 Å². The summed E-state index contributed by atoms with van der Waals surface area (Å²) in [5, 5.41) is 5.54. The van der Waals surface area contributed by atoms with Crippen LogP contribution in [0.3, 0.4) is 0 Å². The van der Waals surface area contributed by atoms with Crippen LogP contribution in [0, 0.1) is 5.92 Å². The standard InChI is InChI=1S/C19H19N5O2S2/c1-9-5-6-11-13(8-9)28-18-14(11)15(20)21-19(23-18)27-10(2)17-22-16(24-26-17)12-4-3-7-25-12/h3-4,7,9-10H,5-6,8H2,1-2H3,(H2,20,21,23)/t9-,10+/m1/s1. The van der Waals surface area contributed by atoms with E-state index in [-0.39, 0.29) is 5.25 Å². The van der Waals surface area contributed by atoms with Gasteiger partial charge in [0.2, 0.25) is 11.7 Å². The molecule has 0 bridgehead atoms. The first kappa shape index (κ1) is 17.7. The molecule has 0 aromatic carbocycles. The Hall–Kier alpha value is -2.39. The van der Waals surface area contributed by atoms with Crippen LogP contribution in [0.2, 0.25) is 0 Å². The van der Waals surface area contributed by atoms with Gasteiger partial charge in [0.1, 0.15) is 10.6 Å². The Balaban J connectivity index is 1.42. The number of nitrogens with two attached hydrogens (primary N) is 1. The second-order valence-corrected chi connectivity index (χ2v) is 9.51. The molecule has 28 heavy (non-hydrogen) atoms. The summed E-state index contributed by atoms with van der Waals surface area (Å²) in [5.41, 5.74) is 7.67. The molecule has 0 fully saturated rings. The smallest absolute Gasteiger partial charge is 0.240 e. The van der Waals surface area contributed by atoms with Crippen LogP contribution < -0.4 is 5.73 Å². The van der Waals surface area contributed by atoms with Gasteiger partial charge in [-0.3, -0.25) is 0 Å². The van der Waals surface area contributed by atoms with Gasteiger partial charge in [0.25, 0.3) is 0 Å². The molecule has 4 heterocycles. The molecule has 4 aromatic rings. The van der Waals surface area contributed by atoms with Crippen molar-refractivity contribution >= 4 is 39.1 Å². The summed E-state index contributed by atoms with van der Waals surface area (Å²) in [7, 11) is 0. The molecule has 0 spiro atoms. The summed E-state index contributed by atoms with van der Waals surface area (Å²) in [6.07, 6.45) is 4.94. The maximum atomic E-state index is 6.32. The number of aryl methyl sites for hydroxylation is 1. The topological polar surface area (TPSA) is 104 Å². The second-order valence-electron chi connectivity index (χ2n) is 7.12. The van der Waals surface area contributed by atoms with E-state index in [0.717, 1.165) is 23.1 Å². The first-order valence-electron chi connectivity index (χ1n) is 9.20. The molecule has 2 N–H and O–H groups in total. The number of anilines is 1. The van der Waals surface area contributed by atoms with E-state index in [4.69, 9.17) is 19.7 Å². The molecule has 0 saturated carbocycles. The highest BCUT2D eigenvalue weighted by Crippen LogP contribution is 2.41. The third-order valence-electron chi connectivity index (χ3n) is 4.98. The predicted molar refractivity (Wildman–Crippen MR) is 109 cm³/mol. The number of nitrogen functional groups attached to an aromatic ring is 1. The highest BCUT2D eigenvalue weighted by molar-refractivity contribution is 7.99. The lowest BCUT2D eigenvalue weighted by Crippen LogP contribution is -2.09. The number of rotatable bonds is 4. The Morgan fingerprint density at radius 3 is 3.04 bits per heavy atom. The van der Waals surface area contributed by atoms with Crippen LogP contribution in [0.1, 0.15) is 41.8 Å². The van der Waals surface area contributed by atoms with E-state index in [1.54, 1.807) is 29.7 Å². The lowest BCUT2D eigenvalue weighted by molar-refractivity contribution is 0.379. The number of thiophene rings is 1. The monoisotopic (exact) mass is 413 g/mol. The molecular formula is C19H19N5O2S2. The number of hydrogen-bond donors (Lipinski definition) is 1. The van der Waals surface area contributed by atoms with Gasteiger partial charge in [-0.25, -0.2) is 9.97 Å². The zero-order chi connectivity index (χ0) is 19.3. The fraction of sp³-hybridized carbons (Fsp3) is 0.368. The third kappa shape index (κ3) is 3.08. The van der Waals surface area contributed by atoms with Gasteiger partial charge in [-0.2, -0.15) is 4.98 Å². The van der Waals surface area contributed by atoms with Crippen molar-refractivity contribution in [2.45, 2.75) is 43.5 Å². The van der Waals surface area contributed by atoms with E-state index in [1.807, 2.05) is 6.92 Å². The van der Waals surface area contributed by atoms with Crippen molar-refractivity contribution in [3.8, 4) is 11.6 Å². The van der Waals surface area contributed by atoms with Crippen molar-refractivity contribution in [1.82, 2.24) is 20.1 Å². The van der Waals surface area contributed by atoms with Crippen LogP contribution in [0.15, 0.2) is 32.5 Å². The lowest BCUT2D eigenvalue weighted by atomic mass is 9.89. The van der Waals surface area contributed by atoms with Gasteiger partial charge >= 0.3 is 0 Å². The van der Waals surface area contributed by atoms with E-state index in [0.29, 0.717) is 34.4 Å². The van der Waals surface area contributed by atoms with Crippen LogP contribution in [0.25, 0.3) is 21.8 Å². The summed E-state index contributed by atoms with van der Waals surface area (Å²) >= 11 is 3.21. The zero-order valence-corrected chi connectivity index (χ0v) is 17.1. The van der Waals surface area contributed by atoms with Gasteiger partial charge in [0, 0.05) is 4.88 Å². The quantitative estimate of drug-likeness (QED) is 0.372. The summed E-state index contributed by atoms with van der Waals surface area (Å²) in [6, 6.07) is 3.58. The Kier molecular flexibility index (Phi) is 4.36. The average molecular weight is 414 g/mol. The average Bonchev–Trinajstić information content (AvgIpc) is 3.39. The number of aromatic nitrogens is 4. The normalized spacial score (nSPS) is 17.7. The fourth-order valence-electron chi connectivity index (χ4n) is 3.52. The highest BCUT2D eigenvalue weighted by atomic mass is 32.2. The van der Waals surface area contributed by atoms with Crippen LogP contribution in [-0.4, -0.2) is 20.1 Å². The maximum Gasteiger partial charge on any atom is 0.240 e. The first-order valence-corrected chi connectivity index (χ1v) is 10.9. The second kappa shape index (κ2) is 6.89. The van der Waals surface area contributed by atoms with Crippen molar-refractivity contribution in [2.75, 3.05) is 5.73 Å². The van der Waals surface area contributed by atoms with Crippen LogP contribution in [0.4, 0.5) is 5.82 Å². The van der Waals surface area contributed by atoms with Gasteiger partial charge in [0.15, 0.2) is 10.9 Å². The van der Waals surface area contributed by atoms with Gasteiger partial charge < -0.3 is 14.7 Å². The summed E-state index contributed by atoms with van der Waals surface area (Å²) < 4.78 is 10.7. The summed E-state index contributed by atoms with van der Waals surface area (Å²) in [5.74, 6) is 2.78. The first-order chi connectivity index (χ1) is 13.6. The molecule has 5 rings (SSSR count). The minimum absolute atomic E-state index is 0.109. The molecule has 7 nitrogen and oxygen atoms in total. The Bertz CT molecular complexity index is 1140. The summed E-state index contributed by atoms with van der Waals surface area (Å²) in [6.45, 7) is 4.28. The van der Waals surface area contributed by atoms with E-state index in [9.17, 15) is 0 Å². The van der Waals surface area contributed by atoms with E-state index < -0.39 is 0 Å². The molecule has 1 aliphatic rings. The molecule has 4 aromatic heterocycles. The Morgan fingerprint density at radius 1 is 1.32 bits per heavy atom. The minimum Gasteiger partial charge on any atom is -0.461 e. The number of furan rings is 1. The molecule has 0 amide bonds. The summed E-state index contributed by atoms with van der Waals surface area (Å²) in [4.78, 5) is 16.1. The molecular weight excluding hydrogens is 394 g/mol. The van der Waals surface area contributed by atoms with Gasteiger partial charge in [-0.15, -0.1) is 11.3 Å². The van der Waals surface area contributed by atoms with Crippen molar-refractivity contribution in [3.63, 3.8) is 0 Å². The van der Waals surface area contributed by atoms with Crippen molar-refractivity contribution < 1.29 is 8.94 Å². The molecule has 0 unspecified atom stereocenters. The Labute approximate surface area is 169 Å². The molecule has 144 valence electrons. The number of fused-ring (bicyclic) bond motifs is 3. The zero-order valence-electron chi connectivity index (χ0n) is 15.5. The molecule has 0 saturated heterocycles. The number of nitrogens with zero attached hydrogens (tertiary/aromatic N) is 4. The maximum absolute atomic E-state index is 6.32. The van der Waals surface area contributed by atoms with E-state index >= 15 is 0 Å². The van der Waals surface area contributed by atoms with Gasteiger partial charge in [-0.1, -0.05) is 23.8 Å². The van der Waals surface area contributed by atoms with Crippen molar-refractivity contribution in [3.05, 3.63) is 34.7 Å². The molecule has 1 aliphatic carbocycles. The highest BCUT2D eigenvalue weighted by Gasteiger charge is 2.24. The number of thioether (sulfide) groups is 1. The fourth-order valence-corrected chi connectivity index (χ4v) is 5.77. The van der Waals surface area contributed by atoms with E-state index in [2.05, 4.69) is 22.0 Å². The SMILES string of the molecule is C[C@@H]1CCc2c(sc3nc(S[C@@H](C)c4nc(-c5ccco5)no4)nc(N)c23)C1. The van der Waals surface area contributed by atoms with E-state index in [1.165, 1.54) is 28.6 Å². The van der Waals surface area contributed by atoms with Crippen LogP contribution in [-0.2, 0) is 12.8 Å². The molecule has 0 radical (unpaired) electrons. The number of hydrogen-bond acceptors (Lipinski definition) is 9. The largest absolute Gasteiger partial charge is 0.461 e. The van der Waals surface area contributed by atoms with Crippen LogP contribution >= 0.6 is 23.1 Å². The third-order valence-corrected chi connectivity index (χ3v) is 7.07. The lowest BCUT2D eigenvalue weighted by Gasteiger charge is -2.17. The van der Waals surface area contributed by atoms with Gasteiger partial charge in [-0.05, 0) is 49.8 Å². The van der Waals surface area contributed by atoms with Gasteiger partial charge in [0.05, 0.1) is 16.9 Å².